The van der Waals surface area contributed by atoms with Crippen LogP contribution in [-0.4, -0.2) is 10.9 Å². The summed E-state index contributed by atoms with van der Waals surface area (Å²) in [6, 6.07) is 6.43. The van der Waals surface area contributed by atoms with Crippen molar-refractivity contribution < 1.29 is 14.5 Å². The van der Waals surface area contributed by atoms with E-state index in [1.807, 2.05) is 0 Å². The van der Waals surface area contributed by atoms with Crippen LogP contribution in [0.2, 0.25) is 0 Å². The minimum absolute atomic E-state index is 0.0206. The first kappa shape index (κ1) is 11.6. The van der Waals surface area contributed by atoms with Crippen molar-refractivity contribution in [3.05, 3.63) is 39.9 Å². The van der Waals surface area contributed by atoms with Gasteiger partial charge in [0, 0.05) is 12.5 Å². The van der Waals surface area contributed by atoms with Crippen LogP contribution >= 0.6 is 0 Å². The second kappa shape index (κ2) is 4.95. The number of rotatable bonds is 2. The molecule has 1 aliphatic rings. The Balaban J connectivity index is 2.31. The molecule has 0 radical (unpaired) electrons. The Labute approximate surface area is 98.5 Å². The van der Waals surface area contributed by atoms with Crippen molar-refractivity contribution in [3.63, 3.8) is 0 Å². The van der Waals surface area contributed by atoms with Crippen LogP contribution in [0.1, 0.15) is 37.4 Å². The lowest BCUT2D eigenvalue weighted by Gasteiger charge is -2.15. The van der Waals surface area contributed by atoms with Gasteiger partial charge in [0.1, 0.15) is 6.10 Å². The molecule has 1 aromatic rings. The Morgan fingerprint density at radius 3 is 2.82 bits per heavy atom. The third-order valence-electron chi connectivity index (χ3n) is 2.85. The van der Waals surface area contributed by atoms with Crippen LogP contribution in [0.3, 0.4) is 0 Å². The molecule has 1 unspecified atom stereocenters. The monoisotopic (exact) mass is 235 g/mol. The van der Waals surface area contributed by atoms with Gasteiger partial charge in [-0.05, 0) is 25.3 Å². The molecule has 0 bridgehead atoms. The smallest absolute Gasteiger partial charge is 0.306 e. The predicted molar refractivity (Wildman–Crippen MR) is 60.4 cm³/mol. The second-order valence-corrected chi connectivity index (χ2v) is 4.04. The highest BCUT2D eigenvalue weighted by Gasteiger charge is 2.26. The quantitative estimate of drug-likeness (QED) is 0.449. The number of cyclic esters (lactones) is 1. The van der Waals surface area contributed by atoms with Crippen molar-refractivity contribution in [2.45, 2.75) is 31.8 Å². The van der Waals surface area contributed by atoms with Gasteiger partial charge in [0.15, 0.2) is 0 Å². The van der Waals surface area contributed by atoms with Crippen LogP contribution in [0, 0.1) is 10.1 Å². The molecule has 5 heteroatoms. The standard InChI is InChI=1S/C12H13NO4/c14-12-8-4-3-7-11(17-12)9-5-1-2-6-10(9)13(15)16/h1-2,5-6,11H,3-4,7-8H2. The van der Waals surface area contributed by atoms with E-state index in [4.69, 9.17) is 4.74 Å². The van der Waals surface area contributed by atoms with E-state index in [9.17, 15) is 14.9 Å². The number of carbonyl (C=O) groups excluding carboxylic acids is 1. The van der Waals surface area contributed by atoms with Crippen LogP contribution in [0.5, 0.6) is 0 Å². The first-order valence-electron chi connectivity index (χ1n) is 5.61. The molecule has 17 heavy (non-hydrogen) atoms. The Morgan fingerprint density at radius 1 is 1.29 bits per heavy atom. The highest BCUT2D eigenvalue weighted by molar-refractivity contribution is 5.70. The number of esters is 1. The molecular formula is C12H13NO4. The molecule has 0 N–H and O–H groups in total. The third kappa shape index (κ3) is 2.61. The van der Waals surface area contributed by atoms with E-state index in [0.29, 0.717) is 18.4 Å². The van der Waals surface area contributed by atoms with Crippen molar-refractivity contribution in [3.8, 4) is 0 Å². The van der Waals surface area contributed by atoms with Gasteiger partial charge in [-0.2, -0.15) is 0 Å². The molecule has 0 spiro atoms. The minimum Gasteiger partial charge on any atom is -0.457 e. The van der Waals surface area contributed by atoms with Crippen LogP contribution in [0.4, 0.5) is 5.69 Å². The van der Waals surface area contributed by atoms with Gasteiger partial charge in [0.25, 0.3) is 5.69 Å². The molecule has 5 nitrogen and oxygen atoms in total. The molecule has 1 aromatic carbocycles. The Bertz CT molecular complexity index is 444. The zero-order valence-corrected chi connectivity index (χ0v) is 9.30. The minimum atomic E-state index is -0.480. The molecule has 0 amide bonds. The van der Waals surface area contributed by atoms with Crippen molar-refractivity contribution in [1.82, 2.24) is 0 Å². The van der Waals surface area contributed by atoms with Gasteiger partial charge in [0.2, 0.25) is 0 Å². The van der Waals surface area contributed by atoms with E-state index in [1.165, 1.54) is 6.07 Å². The summed E-state index contributed by atoms with van der Waals surface area (Å²) in [7, 11) is 0. The van der Waals surface area contributed by atoms with Gasteiger partial charge in [-0.25, -0.2) is 0 Å². The largest absolute Gasteiger partial charge is 0.457 e. The summed E-state index contributed by atoms with van der Waals surface area (Å²) >= 11 is 0. The Morgan fingerprint density at radius 2 is 2.06 bits per heavy atom. The van der Waals surface area contributed by atoms with Crippen molar-refractivity contribution in [2.24, 2.45) is 0 Å². The molecule has 1 saturated heterocycles. The van der Waals surface area contributed by atoms with Crippen molar-refractivity contribution in [2.75, 3.05) is 0 Å². The second-order valence-electron chi connectivity index (χ2n) is 4.04. The summed E-state index contributed by atoms with van der Waals surface area (Å²) in [5, 5.41) is 10.9. The summed E-state index contributed by atoms with van der Waals surface area (Å²) < 4.78 is 5.24. The fourth-order valence-electron chi connectivity index (χ4n) is 2.02. The highest BCUT2D eigenvalue weighted by Crippen LogP contribution is 2.33. The molecule has 1 heterocycles. The molecule has 0 saturated carbocycles. The van der Waals surface area contributed by atoms with Crippen LogP contribution in [0.25, 0.3) is 0 Å². The topological polar surface area (TPSA) is 69.4 Å². The van der Waals surface area contributed by atoms with E-state index in [0.717, 1.165) is 12.8 Å². The average molecular weight is 235 g/mol. The Kier molecular flexibility index (Phi) is 3.37. The highest BCUT2D eigenvalue weighted by atomic mass is 16.6. The maximum Gasteiger partial charge on any atom is 0.306 e. The van der Waals surface area contributed by atoms with Gasteiger partial charge >= 0.3 is 5.97 Å². The summed E-state index contributed by atoms with van der Waals surface area (Å²) in [5.74, 6) is -0.273. The number of ether oxygens (including phenoxy) is 1. The number of hydrogen-bond acceptors (Lipinski definition) is 4. The maximum atomic E-state index is 11.4. The van der Waals surface area contributed by atoms with E-state index in [2.05, 4.69) is 0 Å². The average Bonchev–Trinajstić information content (AvgIpc) is 2.54. The zero-order valence-electron chi connectivity index (χ0n) is 9.30. The number of nitro groups is 1. The summed E-state index contributed by atoms with van der Waals surface area (Å²) in [5.41, 5.74) is 0.514. The number of carbonyl (C=O) groups is 1. The van der Waals surface area contributed by atoms with Gasteiger partial charge < -0.3 is 4.74 Å². The number of para-hydroxylation sites is 1. The van der Waals surface area contributed by atoms with Crippen LogP contribution < -0.4 is 0 Å². The molecule has 90 valence electrons. The summed E-state index contributed by atoms with van der Waals surface area (Å²) in [6.45, 7) is 0. The number of nitro benzene ring substituents is 1. The number of nitrogens with zero attached hydrogens (tertiary/aromatic N) is 1. The molecule has 1 fully saturated rings. The Hall–Kier alpha value is -1.91. The lowest BCUT2D eigenvalue weighted by atomic mass is 10.0. The van der Waals surface area contributed by atoms with Crippen LogP contribution in [0.15, 0.2) is 24.3 Å². The lowest BCUT2D eigenvalue weighted by Crippen LogP contribution is -2.09. The molecule has 1 aliphatic heterocycles. The SMILES string of the molecule is O=C1CCCCC(c2ccccc2[N+](=O)[O-])O1. The van der Waals surface area contributed by atoms with E-state index in [1.54, 1.807) is 18.2 Å². The van der Waals surface area contributed by atoms with Gasteiger partial charge in [0.05, 0.1) is 10.5 Å². The molecule has 2 rings (SSSR count). The fourth-order valence-corrected chi connectivity index (χ4v) is 2.02. The van der Waals surface area contributed by atoms with Gasteiger partial charge in [-0.3, -0.25) is 14.9 Å². The number of hydrogen-bond donors (Lipinski definition) is 0. The first-order chi connectivity index (χ1) is 8.18. The molecule has 1 atom stereocenters. The zero-order chi connectivity index (χ0) is 12.3. The van der Waals surface area contributed by atoms with Crippen molar-refractivity contribution in [1.29, 1.82) is 0 Å². The lowest BCUT2D eigenvalue weighted by molar-refractivity contribution is -0.386. The van der Waals surface area contributed by atoms with E-state index >= 15 is 0 Å². The molecule has 0 aliphatic carbocycles. The first-order valence-corrected chi connectivity index (χ1v) is 5.61. The van der Waals surface area contributed by atoms with Gasteiger partial charge in [-0.1, -0.05) is 12.1 Å². The van der Waals surface area contributed by atoms with E-state index < -0.39 is 11.0 Å². The van der Waals surface area contributed by atoms with Crippen LogP contribution in [-0.2, 0) is 9.53 Å². The summed E-state index contributed by atoms with van der Waals surface area (Å²) in [4.78, 5) is 21.8. The normalized spacial score (nSPS) is 20.5. The fraction of sp³-hybridized carbons (Fsp3) is 0.417. The summed E-state index contributed by atoms with van der Waals surface area (Å²) in [6.07, 6.45) is 2.21. The molecule has 0 aromatic heterocycles. The van der Waals surface area contributed by atoms with E-state index in [-0.39, 0.29) is 11.7 Å². The number of benzene rings is 1. The van der Waals surface area contributed by atoms with Gasteiger partial charge in [-0.15, -0.1) is 0 Å². The maximum absolute atomic E-state index is 11.4. The molecular weight excluding hydrogens is 222 g/mol. The third-order valence-corrected chi connectivity index (χ3v) is 2.85. The predicted octanol–water partition coefficient (Wildman–Crippen LogP) is 2.75. The van der Waals surface area contributed by atoms with Crippen molar-refractivity contribution >= 4 is 11.7 Å².